The van der Waals surface area contributed by atoms with Gasteiger partial charge in [-0.05, 0) is 0 Å². The summed E-state index contributed by atoms with van der Waals surface area (Å²) in [5.74, 6) is -4.37. The summed E-state index contributed by atoms with van der Waals surface area (Å²) in [5.41, 5.74) is 2.75. The molecule has 0 aliphatic rings. The minimum atomic E-state index is -2.19. The lowest BCUT2D eigenvalue weighted by molar-refractivity contribution is -0.345. The minimum Gasteiger partial charge on any atom is -0.543 e. The summed E-state index contributed by atoms with van der Waals surface area (Å²) in [6.07, 6.45) is -4.00. The summed E-state index contributed by atoms with van der Waals surface area (Å²) in [4.78, 5) is 17.9. The molecule has 0 fully saturated rings. The third-order valence-electron chi connectivity index (χ3n) is 0.167. The van der Waals surface area contributed by atoms with Gasteiger partial charge in [-0.25, -0.2) is 0 Å². The number of carbonyl (C=O) groups excluding carboxylic acids is 2. The molecule has 0 saturated heterocycles. The molecule has 0 bridgehead atoms. The second kappa shape index (κ2) is 9.94. The van der Waals surface area contributed by atoms with Gasteiger partial charge in [0.15, 0.2) is 0 Å². The molecule has 7 nitrogen and oxygen atoms in total. The highest BCUT2D eigenvalue weighted by molar-refractivity contribution is 6.25. The second-order valence-corrected chi connectivity index (χ2v) is 0.575. The normalized spacial score (nSPS) is 21.3. The van der Waals surface area contributed by atoms with Crippen LogP contribution in [-0.2, 0) is 9.59 Å². The van der Waals surface area contributed by atoms with Crippen LogP contribution >= 0.6 is 0 Å². The van der Waals surface area contributed by atoms with Crippen molar-refractivity contribution < 1.29 is 36.6 Å². The predicted molar refractivity (Wildman–Crippen MR) is 25.6 cm³/mol. The van der Waals surface area contributed by atoms with Crippen molar-refractivity contribution in [1.29, 1.82) is 2.86 Å². The monoisotopic (exact) mass is 152 g/mol. The van der Waals surface area contributed by atoms with Crippen LogP contribution in [-0.4, -0.2) is 20.3 Å². The van der Waals surface area contributed by atoms with E-state index in [1.807, 2.05) is 0 Å². The molecule has 58 valence electrons. The van der Waals surface area contributed by atoms with Crippen LogP contribution in [0.4, 0.5) is 0 Å². The highest BCUT2D eigenvalue weighted by atomic mass is 16.4. The largest absolute Gasteiger partial charge is 0.543 e. The lowest BCUT2D eigenvalue weighted by atomic mass is 10.7. The zero-order valence-corrected chi connectivity index (χ0v) is 3.94. The van der Waals surface area contributed by atoms with Crippen LogP contribution in [0, 0.1) is 0 Å². The number of carboxylic acids is 2. The first-order valence-electron chi connectivity index (χ1n) is 5.46. The van der Waals surface area contributed by atoms with Gasteiger partial charge >= 0.3 is 11.3 Å². The first-order valence-corrected chi connectivity index (χ1v) is 1.07. The highest BCUT2D eigenvalue weighted by Crippen LogP contribution is 1.41. The number of rotatable bonds is 0. The molecule has 0 aliphatic heterocycles. The van der Waals surface area contributed by atoms with Crippen LogP contribution in [0.3, 0.4) is 0 Å². The summed E-state index contributed by atoms with van der Waals surface area (Å²) in [6.45, 7) is 0. The van der Waals surface area contributed by atoms with Gasteiger partial charge in [-0.2, -0.15) is 0 Å². The molecule has 9 heavy (non-hydrogen) atoms. The van der Waals surface area contributed by atoms with Crippen molar-refractivity contribution >= 4 is 11.9 Å². The average Bonchev–Trinajstić information content (AvgIpc) is 1.97. The Labute approximate surface area is 65.5 Å². The van der Waals surface area contributed by atoms with E-state index in [1.54, 1.807) is 0 Å². The summed E-state index contributed by atoms with van der Waals surface area (Å²) < 4.78 is 57.8. The predicted octanol–water partition coefficient (Wildman–Crippen LogP) is -3.59. The summed E-state index contributed by atoms with van der Waals surface area (Å²) >= 11 is 0. The minimum absolute atomic E-state index is 2.00. The van der Waals surface area contributed by atoms with E-state index < -0.39 is 24.2 Å². The van der Waals surface area contributed by atoms with Crippen LogP contribution in [0.5, 0.6) is 0 Å². The molecule has 0 radical (unpaired) electrons. The molecule has 0 spiro atoms. The van der Waals surface area contributed by atoms with Gasteiger partial charge in [0, 0.05) is 0 Å². The molecule has 0 aromatic heterocycles. The van der Waals surface area contributed by atoms with Crippen molar-refractivity contribution in [2.75, 3.05) is 0 Å². The fraction of sp³-hybridized carbons (Fsp3) is 0. The molecule has 0 saturated carbocycles. The van der Waals surface area contributed by atoms with Crippen molar-refractivity contribution in [3.05, 3.63) is 0 Å². The van der Waals surface area contributed by atoms with Crippen molar-refractivity contribution in [1.82, 2.24) is 12.2 Å². The SMILES string of the molecule is O=C([O-])C(=O)[O-].[2H]O[2H].[2H][N+]([2H])([2H])[2H].[2H][N+]([2H])([2H])[2H]. The fourth-order valence-electron chi connectivity index (χ4n) is 0. The second-order valence-electron chi connectivity index (χ2n) is 0.575. The van der Waals surface area contributed by atoms with Gasteiger partial charge in [0.1, 0.15) is 0 Å². The fourth-order valence-corrected chi connectivity index (χ4v) is 0. The first kappa shape index (κ1) is 1.90. The van der Waals surface area contributed by atoms with E-state index in [1.165, 1.54) is 0 Å². The number of aliphatic carboxylic acids is 2. The molecule has 0 heterocycles. The van der Waals surface area contributed by atoms with Crippen LogP contribution < -0.4 is 22.5 Å². The number of carbonyl (C=O) groups is 2. The van der Waals surface area contributed by atoms with Gasteiger partial charge in [0.2, 0.25) is 2.86 Å². The topological polar surface area (TPSA) is 185 Å². The maximum Gasteiger partial charge on any atom is 0.342 e. The maximum absolute atomic E-state index is 8.93. The van der Waals surface area contributed by atoms with Gasteiger partial charge in [0.05, 0.1) is 11.9 Å². The van der Waals surface area contributed by atoms with E-state index in [9.17, 15) is 0 Å². The Kier molecular flexibility index (Phi) is 2.10. The Morgan fingerprint density at radius 3 is 1.56 bits per heavy atom. The molecular formula is C2H10N2O5. The van der Waals surface area contributed by atoms with Crippen molar-refractivity contribution in [2.45, 2.75) is 0 Å². The van der Waals surface area contributed by atoms with E-state index in [0.29, 0.717) is 0 Å². The molecule has 0 rings (SSSR count). The first-order chi connectivity index (χ1) is 8.06. The molecule has 0 amide bonds. The van der Waals surface area contributed by atoms with Crippen molar-refractivity contribution in [3.63, 3.8) is 0 Å². The van der Waals surface area contributed by atoms with Crippen molar-refractivity contribution in [2.24, 2.45) is 0 Å². The van der Waals surface area contributed by atoms with E-state index in [0.717, 1.165) is 0 Å². The van der Waals surface area contributed by atoms with Crippen molar-refractivity contribution in [3.8, 4) is 0 Å². The smallest absolute Gasteiger partial charge is 0.342 e. The van der Waals surface area contributed by atoms with E-state index >= 15 is 0 Å². The molecule has 0 aliphatic carbocycles. The number of hydrogen-bond donors (Lipinski definition) is 2. The Morgan fingerprint density at radius 2 is 1.56 bits per heavy atom. The van der Waals surface area contributed by atoms with Crippen LogP contribution in [0.15, 0.2) is 0 Å². The molecule has 10 N–H and O–H groups in total. The Hall–Kier alpha value is -1.18. The van der Waals surface area contributed by atoms with Crippen LogP contribution in [0.25, 0.3) is 0 Å². The average molecular weight is 152 g/mol. The zero-order chi connectivity index (χ0) is 16.9. The number of quaternary nitrogens is 2. The Bertz CT molecular complexity index is 201. The standard InChI is InChI=1S/C2H2O4.2H3N.H2O/c3-1(4)2(5)6;;;/h(H,3,4)(H,5,6);2*1H3;1H2/i/hD10. The van der Waals surface area contributed by atoms with Gasteiger partial charge in [-0.3, -0.25) is 0 Å². The third-order valence-corrected chi connectivity index (χ3v) is 0.167. The third kappa shape index (κ3) is 19.9. The zero-order valence-electron chi connectivity index (χ0n) is 13.9. The summed E-state index contributed by atoms with van der Waals surface area (Å²) in [6, 6.07) is 0. The number of hydrogen-bond acceptors (Lipinski definition) is 4. The lowest BCUT2D eigenvalue weighted by Gasteiger charge is -1.97. The highest BCUT2D eigenvalue weighted by Gasteiger charge is 1.74. The Morgan fingerprint density at radius 1 is 1.44 bits per heavy atom. The van der Waals surface area contributed by atoms with E-state index in [4.69, 9.17) is 34.0 Å². The maximum atomic E-state index is 8.93. The van der Waals surface area contributed by atoms with Crippen LogP contribution in [0.1, 0.15) is 0 Å². The van der Waals surface area contributed by atoms with E-state index in [-0.39, 0.29) is 0 Å². The van der Waals surface area contributed by atoms with Gasteiger partial charge < -0.3 is 37.5 Å². The number of carboxylic acid groups (broad SMARTS) is 2. The summed E-state index contributed by atoms with van der Waals surface area (Å²) in [5, 5.41) is 17.9. The molecular weight excluding hydrogens is 132 g/mol. The van der Waals surface area contributed by atoms with Gasteiger partial charge in [-0.15, -0.1) is 0 Å². The van der Waals surface area contributed by atoms with Crippen LogP contribution in [0.2, 0.25) is 11.3 Å². The molecule has 0 aromatic carbocycles. The van der Waals surface area contributed by atoms with E-state index in [2.05, 4.69) is 5.48 Å². The molecule has 7 heteroatoms. The Balaban J connectivity index is -0.0000000811. The summed E-state index contributed by atoms with van der Waals surface area (Å²) in [7, 11) is 0. The lowest BCUT2D eigenvalue weighted by Crippen LogP contribution is -2.42. The quantitative estimate of drug-likeness (QED) is 0.340. The molecule has 0 unspecified atom stereocenters. The molecule has 0 atom stereocenters. The van der Waals surface area contributed by atoms with Gasteiger partial charge in [-0.1, -0.05) is 0 Å². The molecule has 0 aromatic rings. The van der Waals surface area contributed by atoms with Gasteiger partial charge in [0.25, 0.3) is 0 Å².